The molecule has 6 heteroatoms. The Bertz CT molecular complexity index is 366. The van der Waals surface area contributed by atoms with Crippen molar-refractivity contribution in [3.05, 3.63) is 0 Å². The maximum absolute atomic E-state index is 11.8. The van der Waals surface area contributed by atoms with Gasteiger partial charge in [-0.3, -0.25) is 4.79 Å². The number of β-lactam (4-membered cyclic amide) rings is 1. The third kappa shape index (κ3) is 1.88. The molecule has 0 aromatic rings. The summed E-state index contributed by atoms with van der Waals surface area (Å²) < 4.78 is 23.5. The highest BCUT2D eigenvalue weighted by Crippen LogP contribution is 2.30. The van der Waals surface area contributed by atoms with Gasteiger partial charge in [0.1, 0.15) is 0 Å². The second kappa shape index (κ2) is 3.45. The standard InChI is InChI=1S/C9H17NO4S/c1-6(11)7-5-10(8(7)12)15(13,14)9(2,3)4/h6-7,11H,5H2,1-4H3/t6-,7+/m1/s1. The number of nitrogens with zero attached hydrogens (tertiary/aromatic N) is 1. The van der Waals surface area contributed by atoms with E-state index < -0.39 is 32.7 Å². The van der Waals surface area contributed by atoms with Crippen LogP contribution in [0, 0.1) is 5.92 Å². The monoisotopic (exact) mass is 235 g/mol. The quantitative estimate of drug-likeness (QED) is 0.681. The number of carbonyl (C=O) groups is 1. The van der Waals surface area contributed by atoms with Crippen molar-refractivity contribution in [2.24, 2.45) is 5.92 Å². The second-order valence-corrected chi connectivity index (χ2v) is 7.45. The minimum atomic E-state index is -3.58. The molecule has 0 spiro atoms. The summed E-state index contributed by atoms with van der Waals surface area (Å²) in [5, 5.41) is 9.19. The van der Waals surface area contributed by atoms with Gasteiger partial charge in [0.25, 0.3) is 0 Å². The zero-order valence-corrected chi connectivity index (χ0v) is 10.2. The summed E-state index contributed by atoms with van der Waals surface area (Å²) >= 11 is 0. The molecule has 5 nitrogen and oxygen atoms in total. The summed E-state index contributed by atoms with van der Waals surface area (Å²) in [7, 11) is -3.58. The van der Waals surface area contributed by atoms with Crippen LogP contribution in [0.15, 0.2) is 0 Å². The van der Waals surface area contributed by atoms with Crippen molar-refractivity contribution >= 4 is 15.9 Å². The Morgan fingerprint density at radius 2 is 1.93 bits per heavy atom. The van der Waals surface area contributed by atoms with Crippen molar-refractivity contribution in [2.75, 3.05) is 6.54 Å². The average Bonchev–Trinajstić information content (AvgIpc) is 1.98. The number of hydrogen-bond acceptors (Lipinski definition) is 4. The zero-order valence-electron chi connectivity index (χ0n) is 9.39. The summed E-state index contributed by atoms with van der Waals surface area (Å²) in [4.78, 5) is 11.5. The van der Waals surface area contributed by atoms with Crippen molar-refractivity contribution in [2.45, 2.75) is 38.5 Å². The summed E-state index contributed by atoms with van der Waals surface area (Å²) in [6.07, 6.45) is -0.788. The van der Waals surface area contributed by atoms with Crippen molar-refractivity contribution < 1.29 is 18.3 Å². The molecule has 1 aliphatic heterocycles. The predicted octanol–water partition coefficient (Wildman–Crippen LogP) is -0.0461. The maximum Gasteiger partial charge on any atom is 0.243 e. The Hall–Kier alpha value is -0.620. The lowest BCUT2D eigenvalue weighted by molar-refractivity contribution is -0.145. The van der Waals surface area contributed by atoms with Crippen LogP contribution >= 0.6 is 0 Å². The molecule has 1 saturated heterocycles. The van der Waals surface area contributed by atoms with E-state index in [1.807, 2.05) is 0 Å². The number of aliphatic hydroxyl groups is 1. The van der Waals surface area contributed by atoms with Crippen LogP contribution in [0.4, 0.5) is 0 Å². The van der Waals surface area contributed by atoms with Gasteiger partial charge in [-0.2, -0.15) is 0 Å². The van der Waals surface area contributed by atoms with Gasteiger partial charge >= 0.3 is 0 Å². The van der Waals surface area contributed by atoms with E-state index in [1.165, 1.54) is 6.92 Å². The van der Waals surface area contributed by atoms with Gasteiger partial charge in [0.2, 0.25) is 15.9 Å². The number of amides is 1. The minimum Gasteiger partial charge on any atom is -0.393 e. The Morgan fingerprint density at radius 1 is 1.47 bits per heavy atom. The van der Waals surface area contributed by atoms with Crippen LogP contribution in [0.3, 0.4) is 0 Å². The van der Waals surface area contributed by atoms with Gasteiger partial charge < -0.3 is 5.11 Å². The molecular formula is C9H17NO4S. The zero-order chi connectivity index (χ0) is 12.0. The van der Waals surface area contributed by atoms with E-state index in [-0.39, 0.29) is 6.54 Å². The van der Waals surface area contributed by atoms with Gasteiger partial charge in [-0.1, -0.05) is 0 Å². The summed E-state index contributed by atoms with van der Waals surface area (Å²) in [5.74, 6) is -1.07. The van der Waals surface area contributed by atoms with Gasteiger partial charge in [-0.15, -0.1) is 0 Å². The first kappa shape index (κ1) is 12.4. The molecule has 0 aromatic carbocycles. The van der Waals surface area contributed by atoms with E-state index in [9.17, 15) is 18.3 Å². The van der Waals surface area contributed by atoms with Crippen molar-refractivity contribution in [1.29, 1.82) is 0 Å². The van der Waals surface area contributed by atoms with Crippen molar-refractivity contribution in [1.82, 2.24) is 4.31 Å². The Labute approximate surface area is 90.1 Å². The molecule has 1 rings (SSSR count). The van der Waals surface area contributed by atoms with Crippen LogP contribution in [0.1, 0.15) is 27.7 Å². The van der Waals surface area contributed by atoms with Crippen molar-refractivity contribution in [3.8, 4) is 0 Å². The lowest BCUT2D eigenvalue weighted by Crippen LogP contribution is -2.61. The third-order valence-corrected chi connectivity index (χ3v) is 5.03. The van der Waals surface area contributed by atoms with E-state index in [1.54, 1.807) is 20.8 Å². The molecule has 2 atom stereocenters. The lowest BCUT2D eigenvalue weighted by Gasteiger charge is -2.41. The SMILES string of the molecule is C[C@@H](O)[C@@H]1CN(S(=O)(=O)C(C)(C)C)C1=O. The predicted molar refractivity (Wildman–Crippen MR) is 55.6 cm³/mol. The highest BCUT2D eigenvalue weighted by molar-refractivity contribution is 7.91. The number of aliphatic hydroxyl groups excluding tert-OH is 1. The fourth-order valence-corrected chi connectivity index (χ4v) is 2.72. The second-order valence-electron chi connectivity index (χ2n) is 4.83. The lowest BCUT2D eigenvalue weighted by atomic mass is 9.96. The first-order valence-corrected chi connectivity index (χ1v) is 6.27. The van der Waals surface area contributed by atoms with Crippen LogP contribution in [0.25, 0.3) is 0 Å². The Balaban J connectivity index is 2.85. The molecule has 1 amide bonds. The van der Waals surface area contributed by atoms with Crippen LogP contribution in [0.5, 0.6) is 0 Å². The van der Waals surface area contributed by atoms with Gasteiger partial charge in [-0.25, -0.2) is 12.7 Å². The van der Waals surface area contributed by atoms with Crippen molar-refractivity contribution in [3.63, 3.8) is 0 Å². The molecular weight excluding hydrogens is 218 g/mol. The average molecular weight is 235 g/mol. The molecule has 1 fully saturated rings. The van der Waals surface area contributed by atoms with Crippen LogP contribution in [-0.2, 0) is 14.8 Å². The Kier molecular flexibility index (Phi) is 2.86. The molecule has 1 aliphatic rings. The fourth-order valence-electron chi connectivity index (χ4n) is 1.33. The molecule has 0 bridgehead atoms. The van der Waals surface area contributed by atoms with Gasteiger partial charge in [0, 0.05) is 0 Å². The molecule has 1 heterocycles. The number of sulfonamides is 1. The molecule has 0 saturated carbocycles. The summed E-state index contributed by atoms with van der Waals surface area (Å²) in [5.41, 5.74) is 0. The smallest absolute Gasteiger partial charge is 0.243 e. The molecule has 15 heavy (non-hydrogen) atoms. The van der Waals surface area contributed by atoms with Gasteiger partial charge in [0.15, 0.2) is 0 Å². The van der Waals surface area contributed by atoms with Crippen LogP contribution in [0.2, 0.25) is 0 Å². The highest BCUT2D eigenvalue weighted by Gasteiger charge is 2.49. The molecule has 0 radical (unpaired) electrons. The van der Waals surface area contributed by atoms with E-state index in [2.05, 4.69) is 0 Å². The number of rotatable bonds is 2. The van der Waals surface area contributed by atoms with E-state index >= 15 is 0 Å². The number of carbonyl (C=O) groups excluding carboxylic acids is 1. The van der Waals surface area contributed by atoms with Gasteiger partial charge in [-0.05, 0) is 27.7 Å². The topological polar surface area (TPSA) is 74.7 Å². The number of hydrogen-bond donors (Lipinski definition) is 1. The minimum absolute atomic E-state index is 0.0934. The van der Waals surface area contributed by atoms with E-state index in [4.69, 9.17) is 0 Å². The largest absolute Gasteiger partial charge is 0.393 e. The normalized spacial score (nSPS) is 25.0. The van der Waals surface area contributed by atoms with Crippen LogP contribution < -0.4 is 0 Å². The van der Waals surface area contributed by atoms with E-state index in [0.717, 1.165) is 4.31 Å². The Morgan fingerprint density at radius 3 is 2.20 bits per heavy atom. The first-order valence-electron chi connectivity index (χ1n) is 4.83. The molecule has 88 valence electrons. The summed E-state index contributed by atoms with van der Waals surface area (Å²) in [6.45, 7) is 6.22. The molecule has 0 aliphatic carbocycles. The first-order chi connectivity index (χ1) is 6.59. The molecule has 1 N–H and O–H groups in total. The summed E-state index contributed by atoms with van der Waals surface area (Å²) in [6, 6.07) is 0. The molecule has 0 unspecified atom stereocenters. The third-order valence-electron chi connectivity index (χ3n) is 2.57. The van der Waals surface area contributed by atoms with E-state index in [0.29, 0.717) is 0 Å². The molecule has 0 aromatic heterocycles. The maximum atomic E-state index is 11.8. The van der Waals surface area contributed by atoms with Crippen LogP contribution in [-0.4, -0.2) is 41.1 Å². The fraction of sp³-hybridized carbons (Fsp3) is 0.889. The highest BCUT2D eigenvalue weighted by atomic mass is 32.2. The van der Waals surface area contributed by atoms with Gasteiger partial charge in [0.05, 0.1) is 23.3 Å².